The van der Waals surface area contributed by atoms with E-state index in [9.17, 15) is 18.8 Å². The number of nitrogens with zero attached hydrogens (tertiary/aromatic N) is 2. The van der Waals surface area contributed by atoms with E-state index in [-0.39, 0.29) is 40.3 Å². The van der Waals surface area contributed by atoms with Crippen LogP contribution in [-0.2, 0) is 22.7 Å². The highest BCUT2D eigenvalue weighted by Crippen LogP contribution is 2.32. The molecule has 0 spiro atoms. The molecule has 2 N–H and O–H groups in total. The molecule has 1 heterocycles. The summed E-state index contributed by atoms with van der Waals surface area (Å²) >= 11 is 0. The van der Waals surface area contributed by atoms with Gasteiger partial charge in [-0.05, 0) is 81.0 Å². The fourth-order valence-electron chi connectivity index (χ4n) is 4.15. The first-order chi connectivity index (χ1) is 18.7. The summed E-state index contributed by atoms with van der Waals surface area (Å²) in [5.74, 6) is -1.41. The average molecular weight is 569 g/mol. The van der Waals surface area contributed by atoms with Crippen molar-refractivity contribution in [3.05, 3.63) is 94.9 Å². The van der Waals surface area contributed by atoms with E-state index >= 15 is 0 Å². The third-order valence-corrected chi connectivity index (χ3v) is 6.08. The summed E-state index contributed by atoms with van der Waals surface area (Å²) in [6.45, 7) is 4.28. The topological polar surface area (TPSA) is 102 Å². The number of halogens is 2. The number of carbonyl (C=O) groups is 3. The van der Waals surface area contributed by atoms with Crippen LogP contribution in [-0.4, -0.2) is 41.7 Å². The van der Waals surface area contributed by atoms with Gasteiger partial charge in [0.25, 0.3) is 0 Å². The molecule has 2 amide bonds. The third kappa shape index (κ3) is 6.96. The molecule has 210 valence electrons. The Morgan fingerprint density at radius 1 is 0.900 bits per heavy atom. The maximum absolute atomic E-state index is 14.1. The SMILES string of the molecule is CCc1ccc(NC(=O)Nc2c(C)n(C(=O)OOC(=O)c3ccc(CN(C)C)cc3)c3ccc(F)cc23)cc1.Cl. The van der Waals surface area contributed by atoms with E-state index in [0.29, 0.717) is 12.2 Å². The average Bonchev–Trinajstić information content (AvgIpc) is 3.17. The number of rotatable bonds is 6. The first-order valence-electron chi connectivity index (χ1n) is 12.3. The highest BCUT2D eigenvalue weighted by molar-refractivity contribution is 6.09. The number of fused-ring (bicyclic) bond motifs is 1. The molecule has 0 bridgehead atoms. The molecule has 0 atom stereocenters. The highest BCUT2D eigenvalue weighted by Gasteiger charge is 2.23. The van der Waals surface area contributed by atoms with Gasteiger partial charge in [-0.2, -0.15) is 0 Å². The molecule has 0 aliphatic rings. The number of urea groups is 1. The maximum Gasteiger partial charge on any atom is 0.461 e. The van der Waals surface area contributed by atoms with E-state index in [2.05, 4.69) is 10.6 Å². The summed E-state index contributed by atoms with van der Waals surface area (Å²) in [5.41, 5.74) is 3.60. The summed E-state index contributed by atoms with van der Waals surface area (Å²) in [6.07, 6.45) is -0.170. The summed E-state index contributed by atoms with van der Waals surface area (Å²) in [4.78, 5) is 49.8. The fraction of sp³-hybridized carbons (Fsp3) is 0.207. The molecule has 0 saturated carbocycles. The molecule has 9 nitrogen and oxygen atoms in total. The van der Waals surface area contributed by atoms with Crippen molar-refractivity contribution < 1.29 is 28.5 Å². The van der Waals surface area contributed by atoms with Gasteiger partial charge in [-0.25, -0.2) is 33.1 Å². The monoisotopic (exact) mass is 568 g/mol. The van der Waals surface area contributed by atoms with Gasteiger partial charge in [-0.15, -0.1) is 12.4 Å². The smallest absolute Gasteiger partial charge is 0.308 e. The van der Waals surface area contributed by atoms with Crippen LogP contribution in [0.5, 0.6) is 0 Å². The van der Waals surface area contributed by atoms with E-state index in [4.69, 9.17) is 9.78 Å². The number of aromatic nitrogens is 1. The predicted octanol–water partition coefficient (Wildman–Crippen LogP) is 6.54. The minimum absolute atomic E-state index is 0. The molecule has 0 saturated heterocycles. The van der Waals surface area contributed by atoms with E-state index in [0.717, 1.165) is 22.1 Å². The molecule has 4 aromatic rings. The van der Waals surface area contributed by atoms with Crippen molar-refractivity contribution in [2.45, 2.75) is 26.8 Å². The van der Waals surface area contributed by atoms with Crippen LogP contribution in [0.25, 0.3) is 10.9 Å². The van der Waals surface area contributed by atoms with Gasteiger partial charge in [-0.3, -0.25) is 0 Å². The molecule has 40 heavy (non-hydrogen) atoms. The van der Waals surface area contributed by atoms with Gasteiger partial charge in [0, 0.05) is 17.6 Å². The van der Waals surface area contributed by atoms with E-state index in [1.807, 2.05) is 38.1 Å². The number of aryl methyl sites for hydroxylation is 1. The molecule has 0 radical (unpaired) electrons. The van der Waals surface area contributed by atoms with Crippen LogP contribution in [0.2, 0.25) is 0 Å². The van der Waals surface area contributed by atoms with E-state index in [1.54, 1.807) is 43.3 Å². The van der Waals surface area contributed by atoms with Crippen molar-refractivity contribution >= 4 is 52.8 Å². The van der Waals surface area contributed by atoms with Gasteiger partial charge < -0.3 is 15.5 Å². The van der Waals surface area contributed by atoms with Crippen molar-refractivity contribution in [3.63, 3.8) is 0 Å². The zero-order valence-electron chi connectivity index (χ0n) is 22.5. The molecule has 0 aliphatic carbocycles. The van der Waals surface area contributed by atoms with Gasteiger partial charge in [-0.1, -0.05) is 31.2 Å². The lowest BCUT2D eigenvalue weighted by atomic mass is 10.1. The van der Waals surface area contributed by atoms with Gasteiger partial charge in [0.2, 0.25) is 0 Å². The molecule has 0 aliphatic heterocycles. The number of benzene rings is 3. The first kappa shape index (κ1) is 30.1. The van der Waals surface area contributed by atoms with Gasteiger partial charge in [0.1, 0.15) is 5.82 Å². The lowest BCUT2D eigenvalue weighted by Gasteiger charge is -2.10. The van der Waals surface area contributed by atoms with E-state index < -0.39 is 23.9 Å². The summed E-state index contributed by atoms with van der Waals surface area (Å²) < 4.78 is 15.2. The van der Waals surface area contributed by atoms with Crippen LogP contribution in [0, 0.1) is 12.7 Å². The molecule has 11 heteroatoms. The zero-order chi connectivity index (χ0) is 28.1. The zero-order valence-corrected chi connectivity index (χ0v) is 23.3. The highest BCUT2D eigenvalue weighted by atomic mass is 35.5. The van der Waals surface area contributed by atoms with Crippen molar-refractivity contribution in [2.75, 3.05) is 24.7 Å². The van der Waals surface area contributed by atoms with Crippen LogP contribution in [0.4, 0.5) is 25.4 Å². The molecular weight excluding hydrogens is 539 g/mol. The van der Waals surface area contributed by atoms with Gasteiger partial charge >= 0.3 is 18.1 Å². The second-order valence-corrected chi connectivity index (χ2v) is 9.24. The largest absolute Gasteiger partial charge is 0.461 e. The number of carbonyl (C=O) groups excluding carboxylic acids is 3. The minimum Gasteiger partial charge on any atom is -0.308 e. The predicted molar refractivity (Wildman–Crippen MR) is 153 cm³/mol. The Labute approximate surface area is 237 Å². The number of nitrogens with one attached hydrogen (secondary N) is 2. The summed E-state index contributed by atoms with van der Waals surface area (Å²) in [6, 6.07) is 17.2. The van der Waals surface area contributed by atoms with Gasteiger partial charge in [0.15, 0.2) is 0 Å². The molecule has 1 aromatic heterocycles. The Balaban J connectivity index is 0.00000441. The Bertz CT molecular complexity index is 1520. The third-order valence-electron chi connectivity index (χ3n) is 6.08. The Kier molecular flexibility index (Phi) is 9.87. The van der Waals surface area contributed by atoms with Crippen molar-refractivity contribution in [1.29, 1.82) is 0 Å². The number of hydrogen-bond acceptors (Lipinski definition) is 6. The maximum atomic E-state index is 14.1. The van der Waals surface area contributed by atoms with Crippen LogP contribution < -0.4 is 10.6 Å². The molecule has 0 unspecified atom stereocenters. The first-order valence-corrected chi connectivity index (χ1v) is 12.3. The van der Waals surface area contributed by atoms with Crippen molar-refractivity contribution in [1.82, 2.24) is 9.47 Å². The van der Waals surface area contributed by atoms with Gasteiger partial charge in [0.05, 0.1) is 22.5 Å². The standard InChI is InChI=1S/C29H29FN4O5.ClH/c1-5-19-8-13-23(14-9-19)31-28(36)32-26-18(2)34(25-15-12-22(30)16-24(25)26)29(37)39-38-27(35)21-10-6-20(7-11-21)17-33(3)4;/h6-16H,5,17H2,1-4H3,(H2,31,32,36);1H. The lowest BCUT2D eigenvalue weighted by molar-refractivity contribution is -0.182. The quantitative estimate of drug-likeness (QED) is 0.202. The minimum atomic E-state index is -1.04. The second kappa shape index (κ2) is 13.1. The Morgan fingerprint density at radius 2 is 1.55 bits per heavy atom. The van der Waals surface area contributed by atoms with Crippen LogP contribution >= 0.6 is 12.4 Å². The number of anilines is 2. The molecule has 4 rings (SSSR count). The lowest BCUT2D eigenvalue weighted by Crippen LogP contribution is -2.21. The Hall–Kier alpha value is -4.41. The second-order valence-electron chi connectivity index (χ2n) is 9.24. The van der Waals surface area contributed by atoms with Crippen molar-refractivity contribution in [2.24, 2.45) is 0 Å². The molecule has 0 fully saturated rings. The van der Waals surface area contributed by atoms with Crippen LogP contribution in [0.1, 0.15) is 34.1 Å². The number of amides is 2. The summed E-state index contributed by atoms with van der Waals surface area (Å²) in [5, 5.41) is 5.67. The number of hydrogen-bond donors (Lipinski definition) is 2. The van der Waals surface area contributed by atoms with Crippen LogP contribution in [0.15, 0.2) is 66.7 Å². The molecular formula is C29H30ClFN4O5. The summed E-state index contributed by atoms with van der Waals surface area (Å²) in [7, 11) is 3.86. The fourth-order valence-corrected chi connectivity index (χ4v) is 4.15. The normalized spacial score (nSPS) is 10.7. The molecule has 3 aromatic carbocycles. The van der Waals surface area contributed by atoms with E-state index in [1.165, 1.54) is 18.2 Å². The Morgan fingerprint density at radius 3 is 2.17 bits per heavy atom. The van der Waals surface area contributed by atoms with Crippen molar-refractivity contribution in [3.8, 4) is 0 Å². The van der Waals surface area contributed by atoms with Crippen LogP contribution in [0.3, 0.4) is 0 Å².